The van der Waals surface area contributed by atoms with E-state index in [0.717, 1.165) is 27.9 Å². The molecule has 0 radical (unpaired) electrons. The Morgan fingerprint density at radius 1 is 0.773 bits per heavy atom. The first-order valence-corrected chi connectivity index (χ1v) is 16.5. The lowest BCUT2D eigenvalue weighted by molar-refractivity contribution is 0.0976. The van der Waals surface area contributed by atoms with E-state index in [0.29, 0.717) is 23.0 Å². The van der Waals surface area contributed by atoms with Crippen LogP contribution in [-0.2, 0) is 22.9 Å². The fourth-order valence-electron chi connectivity index (χ4n) is 7.09. The Kier molecular flexibility index (Phi) is 6.87. The van der Waals surface area contributed by atoms with E-state index in [9.17, 15) is 23.9 Å². The quantitative estimate of drug-likeness (QED) is 0.182. The third kappa shape index (κ3) is 4.44. The first-order chi connectivity index (χ1) is 21.1. The SMILES string of the molecule is CC1c2ccccc2C(Cc2ccccc2)(Cc2ccccc2)n2c(Br)c3c(c21)C(=O)c1cccc(OP(=O)(O)O)c1C3=O. The van der Waals surface area contributed by atoms with Gasteiger partial charge in [-0.3, -0.25) is 19.4 Å². The predicted molar refractivity (Wildman–Crippen MR) is 169 cm³/mol. The highest BCUT2D eigenvalue weighted by Gasteiger charge is 2.50. The maximum Gasteiger partial charge on any atom is 0.524 e. The van der Waals surface area contributed by atoms with Crippen LogP contribution in [0.4, 0.5) is 0 Å². The van der Waals surface area contributed by atoms with E-state index in [1.54, 1.807) is 0 Å². The van der Waals surface area contributed by atoms with Gasteiger partial charge in [0.25, 0.3) is 0 Å². The monoisotopic (exact) mass is 667 g/mol. The van der Waals surface area contributed by atoms with Crippen molar-refractivity contribution in [1.82, 2.24) is 4.57 Å². The van der Waals surface area contributed by atoms with Crippen molar-refractivity contribution in [2.75, 3.05) is 0 Å². The summed E-state index contributed by atoms with van der Waals surface area (Å²) in [5, 5.41) is 0. The van der Waals surface area contributed by atoms with Gasteiger partial charge in [-0.1, -0.05) is 104 Å². The molecule has 7 rings (SSSR count). The van der Waals surface area contributed by atoms with Gasteiger partial charge in [0.15, 0.2) is 5.78 Å². The average molecular weight is 668 g/mol. The maximum atomic E-state index is 14.4. The smallest absolute Gasteiger partial charge is 0.403 e. The molecule has 2 N–H and O–H groups in total. The van der Waals surface area contributed by atoms with Crippen LogP contribution in [0, 0.1) is 0 Å². The van der Waals surface area contributed by atoms with Crippen LogP contribution in [0.1, 0.15) is 72.6 Å². The summed E-state index contributed by atoms with van der Waals surface area (Å²) in [5.74, 6) is -1.48. The highest BCUT2D eigenvalue weighted by atomic mass is 79.9. The second-order valence-corrected chi connectivity index (χ2v) is 13.3. The number of phosphoric ester groups is 1. The summed E-state index contributed by atoms with van der Waals surface area (Å²) in [6, 6.07) is 32.8. The molecule has 7 nitrogen and oxygen atoms in total. The molecule has 9 heteroatoms. The van der Waals surface area contributed by atoms with Crippen molar-refractivity contribution in [3.8, 4) is 5.75 Å². The van der Waals surface area contributed by atoms with Crippen LogP contribution in [0.25, 0.3) is 0 Å². The Morgan fingerprint density at radius 3 is 1.98 bits per heavy atom. The summed E-state index contributed by atoms with van der Waals surface area (Å²) in [5.41, 5.74) is 4.72. The minimum absolute atomic E-state index is 0.0529. The number of hydrogen-bond acceptors (Lipinski definition) is 4. The first-order valence-electron chi connectivity index (χ1n) is 14.2. The summed E-state index contributed by atoms with van der Waals surface area (Å²) >= 11 is 3.81. The lowest BCUT2D eigenvalue weighted by Crippen LogP contribution is -2.45. The molecule has 0 saturated carbocycles. The molecule has 2 heterocycles. The van der Waals surface area contributed by atoms with Gasteiger partial charge in [0.1, 0.15) is 5.75 Å². The fourth-order valence-corrected chi connectivity index (χ4v) is 8.41. The Morgan fingerprint density at radius 2 is 1.36 bits per heavy atom. The second kappa shape index (κ2) is 10.5. The number of rotatable bonds is 6. The van der Waals surface area contributed by atoms with Gasteiger partial charge in [0, 0.05) is 30.0 Å². The number of fused-ring (bicyclic) bond motifs is 5. The zero-order valence-electron chi connectivity index (χ0n) is 23.6. The van der Waals surface area contributed by atoms with Crippen molar-refractivity contribution in [1.29, 1.82) is 0 Å². The van der Waals surface area contributed by atoms with Crippen molar-refractivity contribution < 1.29 is 28.5 Å². The molecule has 1 aliphatic heterocycles. The van der Waals surface area contributed by atoms with Gasteiger partial charge >= 0.3 is 7.82 Å². The third-order valence-corrected chi connectivity index (χ3v) is 9.95. The molecule has 1 aromatic heterocycles. The molecule has 2 aliphatic rings. The van der Waals surface area contributed by atoms with E-state index in [4.69, 9.17) is 4.52 Å². The molecule has 220 valence electrons. The summed E-state index contributed by atoms with van der Waals surface area (Å²) in [6.45, 7) is 2.05. The Hall–Kier alpha value is -4.07. The molecular weight excluding hydrogens is 641 g/mol. The minimum atomic E-state index is -5.01. The van der Waals surface area contributed by atoms with E-state index in [2.05, 4.69) is 56.9 Å². The van der Waals surface area contributed by atoms with Crippen molar-refractivity contribution in [2.24, 2.45) is 0 Å². The minimum Gasteiger partial charge on any atom is -0.403 e. The number of aromatic nitrogens is 1. The van der Waals surface area contributed by atoms with Crippen molar-refractivity contribution in [3.63, 3.8) is 0 Å². The van der Waals surface area contributed by atoms with Crippen LogP contribution >= 0.6 is 23.8 Å². The van der Waals surface area contributed by atoms with Crippen LogP contribution in [0.5, 0.6) is 5.75 Å². The van der Waals surface area contributed by atoms with Crippen LogP contribution < -0.4 is 4.52 Å². The number of nitrogens with zero attached hydrogens (tertiary/aromatic N) is 1. The highest BCUT2D eigenvalue weighted by molar-refractivity contribution is 9.10. The first kappa shape index (κ1) is 28.7. The predicted octanol–water partition coefficient (Wildman–Crippen LogP) is 7.19. The van der Waals surface area contributed by atoms with Crippen LogP contribution in [0.3, 0.4) is 0 Å². The number of phosphoric acid groups is 1. The molecule has 5 aromatic rings. The number of ketones is 2. The Balaban J connectivity index is 1.55. The van der Waals surface area contributed by atoms with Gasteiger partial charge in [-0.25, -0.2) is 4.57 Å². The van der Waals surface area contributed by atoms with E-state index >= 15 is 0 Å². The molecule has 0 saturated heterocycles. The van der Waals surface area contributed by atoms with Crippen molar-refractivity contribution in [2.45, 2.75) is 31.2 Å². The molecule has 1 atom stereocenters. The molecule has 44 heavy (non-hydrogen) atoms. The number of carbonyl (C=O) groups excluding carboxylic acids is 2. The summed E-state index contributed by atoms with van der Waals surface area (Å²) in [7, 11) is -5.01. The van der Waals surface area contributed by atoms with E-state index in [-0.39, 0.29) is 34.1 Å². The van der Waals surface area contributed by atoms with E-state index in [1.807, 2.05) is 55.5 Å². The van der Waals surface area contributed by atoms with Crippen LogP contribution in [-0.4, -0.2) is 25.9 Å². The van der Waals surface area contributed by atoms with Gasteiger partial charge in [-0.05, 0) is 44.3 Å². The molecule has 1 unspecified atom stereocenters. The number of benzene rings is 4. The van der Waals surface area contributed by atoms with E-state index < -0.39 is 19.1 Å². The standard InChI is InChI=1S/C35H27BrNO6P/c1-21-24-15-8-9-17-26(24)35(19-22-11-4-2-5-12-22,20-23-13-6-3-7-14-23)37-31(21)29-30(34(37)36)33(39)28-25(32(29)38)16-10-18-27(28)43-44(40,41)42/h2-18,21H,19-20H2,1H3,(H2,40,41,42). The molecular formula is C35H27BrNO6P. The molecule has 4 aromatic carbocycles. The number of hydrogen-bond donors (Lipinski definition) is 2. The molecule has 0 bridgehead atoms. The largest absolute Gasteiger partial charge is 0.524 e. The second-order valence-electron chi connectivity index (χ2n) is 11.3. The normalized spacial score (nSPS) is 16.5. The zero-order chi connectivity index (χ0) is 30.8. The number of carbonyl (C=O) groups is 2. The van der Waals surface area contributed by atoms with Crippen LogP contribution in [0.15, 0.2) is 108 Å². The van der Waals surface area contributed by atoms with E-state index in [1.165, 1.54) is 18.2 Å². The van der Waals surface area contributed by atoms with Gasteiger partial charge in [0.2, 0.25) is 5.78 Å². The molecule has 0 fully saturated rings. The number of halogens is 1. The average Bonchev–Trinajstić information content (AvgIpc) is 3.33. The summed E-state index contributed by atoms with van der Waals surface area (Å²) < 4.78 is 19.3. The summed E-state index contributed by atoms with van der Waals surface area (Å²) in [6.07, 6.45) is 1.15. The highest BCUT2D eigenvalue weighted by Crippen LogP contribution is 2.53. The van der Waals surface area contributed by atoms with Gasteiger partial charge in [-0.15, -0.1) is 0 Å². The molecule has 0 amide bonds. The lowest BCUT2D eigenvalue weighted by Gasteiger charge is -2.45. The van der Waals surface area contributed by atoms with Crippen molar-refractivity contribution >= 4 is 35.3 Å². The fraction of sp³-hybridized carbons (Fsp3) is 0.143. The topological polar surface area (TPSA) is 106 Å². The van der Waals surface area contributed by atoms with Crippen LogP contribution in [0.2, 0.25) is 0 Å². The van der Waals surface area contributed by atoms with Gasteiger partial charge < -0.3 is 9.09 Å². The third-order valence-electron chi connectivity index (χ3n) is 8.76. The lowest BCUT2D eigenvalue weighted by atomic mass is 9.71. The Bertz CT molecular complexity index is 1970. The Labute approximate surface area is 262 Å². The molecule has 0 spiro atoms. The van der Waals surface area contributed by atoms with Crippen molar-refractivity contribution in [3.05, 3.63) is 158 Å². The molecule has 1 aliphatic carbocycles. The zero-order valence-corrected chi connectivity index (χ0v) is 26.1. The summed E-state index contributed by atoms with van der Waals surface area (Å²) in [4.78, 5) is 47.9. The van der Waals surface area contributed by atoms with Gasteiger partial charge in [0.05, 0.1) is 26.8 Å². The van der Waals surface area contributed by atoms with Gasteiger partial charge in [-0.2, -0.15) is 0 Å². The maximum absolute atomic E-state index is 14.4.